The molecule has 3 unspecified atom stereocenters. The SMILES string of the molecule is COC(=O)C1Nc2c(O)cc3c(c2C1=O)CC(Cl)C(C)N3C(=O)c1cc2cc(OC)c(OC)c(OC)c2[nH]1. The number of aromatic hydroxyl groups is 1. The highest BCUT2D eigenvalue weighted by Crippen LogP contribution is 2.47. The van der Waals surface area contributed by atoms with Crippen LogP contribution in [0.15, 0.2) is 18.2 Å². The van der Waals surface area contributed by atoms with Gasteiger partial charge in [-0.3, -0.25) is 9.59 Å². The van der Waals surface area contributed by atoms with E-state index in [4.69, 9.17) is 30.5 Å². The van der Waals surface area contributed by atoms with E-state index in [9.17, 15) is 19.5 Å². The van der Waals surface area contributed by atoms with Crippen LogP contribution in [-0.2, 0) is 16.0 Å². The summed E-state index contributed by atoms with van der Waals surface area (Å²) in [6.07, 6.45) is 0.251. The number of esters is 1. The Kier molecular flexibility index (Phi) is 6.26. The third kappa shape index (κ3) is 3.60. The lowest BCUT2D eigenvalue weighted by atomic mass is 9.89. The molecule has 0 saturated carbocycles. The van der Waals surface area contributed by atoms with Crippen molar-refractivity contribution in [2.24, 2.45) is 0 Å². The number of alkyl halides is 1. The van der Waals surface area contributed by atoms with Gasteiger partial charge in [-0.25, -0.2) is 4.79 Å². The second-order valence-electron chi connectivity index (χ2n) is 9.04. The summed E-state index contributed by atoms with van der Waals surface area (Å²) in [5, 5.41) is 13.6. The summed E-state index contributed by atoms with van der Waals surface area (Å²) in [6.45, 7) is 1.79. The first kappa shape index (κ1) is 25.5. The van der Waals surface area contributed by atoms with E-state index >= 15 is 0 Å². The van der Waals surface area contributed by atoms with Crippen LogP contribution in [0.2, 0.25) is 0 Å². The maximum atomic E-state index is 14.0. The number of hydrogen-bond donors (Lipinski definition) is 3. The van der Waals surface area contributed by atoms with E-state index in [0.717, 1.165) is 0 Å². The van der Waals surface area contributed by atoms with E-state index in [2.05, 4.69) is 10.3 Å². The van der Waals surface area contributed by atoms with Crippen LogP contribution in [0.25, 0.3) is 10.9 Å². The zero-order valence-corrected chi connectivity index (χ0v) is 22.1. The molecule has 1 aromatic heterocycles. The molecule has 2 aliphatic heterocycles. The molecule has 2 aliphatic rings. The molecule has 0 bridgehead atoms. The van der Waals surface area contributed by atoms with Gasteiger partial charge in [-0.05, 0) is 31.0 Å². The monoisotopic (exact) mass is 543 g/mol. The molecule has 3 heterocycles. The van der Waals surface area contributed by atoms with Crippen LogP contribution in [0, 0.1) is 0 Å². The Bertz CT molecular complexity index is 1500. The first-order valence-corrected chi connectivity index (χ1v) is 12.2. The van der Waals surface area contributed by atoms with Crippen molar-refractivity contribution < 1.29 is 38.4 Å². The molecule has 0 saturated heterocycles. The minimum Gasteiger partial charge on any atom is -0.506 e. The number of aromatic amines is 1. The Morgan fingerprint density at radius 2 is 1.79 bits per heavy atom. The quantitative estimate of drug-likeness (QED) is 0.191. The van der Waals surface area contributed by atoms with Crippen LogP contribution in [-0.4, -0.2) is 73.7 Å². The molecule has 3 N–H and O–H groups in total. The number of hydrogen-bond acceptors (Lipinski definition) is 9. The van der Waals surface area contributed by atoms with E-state index in [-0.39, 0.29) is 29.1 Å². The number of aromatic nitrogens is 1. The predicted molar refractivity (Wildman–Crippen MR) is 139 cm³/mol. The number of nitrogens with one attached hydrogen (secondary N) is 2. The fourth-order valence-electron chi connectivity index (χ4n) is 5.20. The summed E-state index contributed by atoms with van der Waals surface area (Å²) in [4.78, 5) is 43.9. The summed E-state index contributed by atoms with van der Waals surface area (Å²) in [7, 11) is 5.64. The summed E-state index contributed by atoms with van der Waals surface area (Å²) >= 11 is 6.70. The number of amides is 1. The highest BCUT2D eigenvalue weighted by atomic mass is 35.5. The zero-order valence-electron chi connectivity index (χ0n) is 21.3. The Balaban J connectivity index is 1.64. The number of phenols is 1. The van der Waals surface area contributed by atoms with Crippen molar-refractivity contribution in [1.82, 2.24) is 4.98 Å². The molecule has 0 aliphatic carbocycles. The molecule has 3 atom stereocenters. The number of nitrogens with zero attached hydrogens (tertiary/aromatic N) is 1. The number of ether oxygens (including phenoxy) is 4. The number of rotatable bonds is 5. The van der Waals surface area contributed by atoms with Gasteiger partial charge in [-0.15, -0.1) is 11.6 Å². The average molecular weight is 544 g/mol. The minimum absolute atomic E-state index is 0.115. The van der Waals surface area contributed by atoms with Crippen LogP contribution in [0.3, 0.4) is 0 Å². The molecule has 38 heavy (non-hydrogen) atoms. The summed E-state index contributed by atoms with van der Waals surface area (Å²) in [5.41, 5.74) is 1.78. The first-order chi connectivity index (χ1) is 18.2. The number of anilines is 2. The van der Waals surface area contributed by atoms with E-state index in [1.165, 1.54) is 39.4 Å². The summed E-state index contributed by atoms with van der Waals surface area (Å²) in [5.74, 6) is -0.890. The lowest BCUT2D eigenvalue weighted by molar-refractivity contribution is -0.140. The molecule has 1 amide bonds. The van der Waals surface area contributed by atoms with Gasteiger partial charge in [0.1, 0.15) is 11.4 Å². The number of Topliss-reactive ketones (excluding diaryl/α,β-unsaturated/α-hetero) is 1. The molecule has 0 fully saturated rings. The number of halogens is 1. The number of phenolic OH excluding ortho intramolecular Hbond substituents is 1. The lowest BCUT2D eigenvalue weighted by Gasteiger charge is -2.38. The average Bonchev–Trinajstić information content (AvgIpc) is 3.50. The number of benzene rings is 2. The van der Waals surface area contributed by atoms with Crippen molar-refractivity contribution in [2.45, 2.75) is 30.8 Å². The van der Waals surface area contributed by atoms with Crippen LogP contribution < -0.4 is 24.4 Å². The fraction of sp³-hybridized carbons (Fsp3) is 0.346. The van der Waals surface area contributed by atoms with E-state index in [1.807, 2.05) is 0 Å². The first-order valence-electron chi connectivity index (χ1n) is 11.7. The second-order valence-corrected chi connectivity index (χ2v) is 9.60. The molecule has 3 aromatic rings. The van der Waals surface area contributed by atoms with E-state index < -0.39 is 35.1 Å². The Hall–Kier alpha value is -4.12. The van der Waals surface area contributed by atoms with Crippen molar-refractivity contribution in [3.63, 3.8) is 0 Å². The molecular weight excluding hydrogens is 518 g/mol. The van der Waals surface area contributed by atoms with Crippen molar-refractivity contribution >= 4 is 51.5 Å². The van der Waals surface area contributed by atoms with Gasteiger partial charge in [0.2, 0.25) is 5.75 Å². The Morgan fingerprint density at radius 1 is 1.08 bits per heavy atom. The smallest absolute Gasteiger partial charge is 0.336 e. The van der Waals surface area contributed by atoms with Gasteiger partial charge < -0.3 is 39.3 Å². The summed E-state index contributed by atoms with van der Waals surface area (Å²) in [6, 6.07) is 2.99. The molecule has 2 aromatic carbocycles. The van der Waals surface area contributed by atoms with E-state index in [1.54, 1.807) is 19.1 Å². The lowest BCUT2D eigenvalue weighted by Crippen LogP contribution is -2.48. The number of ketones is 1. The van der Waals surface area contributed by atoms with Gasteiger partial charge in [0.05, 0.1) is 62.3 Å². The second kappa shape index (κ2) is 9.32. The maximum Gasteiger partial charge on any atom is 0.336 e. The normalized spacial score (nSPS) is 20.0. The largest absolute Gasteiger partial charge is 0.506 e. The van der Waals surface area contributed by atoms with Crippen LogP contribution in [0.1, 0.15) is 33.3 Å². The van der Waals surface area contributed by atoms with E-state index in [0.29, 0.717) is 39.4 Å². The molecule has 200 valence electrons. The topological polar surface area (TPSA) is 139 Å². The molecule has 12 heteroatoms. The van der Waals surface area contributed by atoms with Gasteiger partial charge in [0.15, 0.2) is 23.3 Å². The Labute approximate surface area is 222 Å². The predicted octanol–water partition coefficient (Wildman–Crippen LogP) is 3.25. The molecule has 11 nitrogen and oxygen atoms in total. The van der Waals surface area contributed by atoms with Crippen molar-refractivity contribution in [2.75, 3.05) is 38.7 Å². The minimum atomic E-state index is -1.30. The van der Waals surface area contributed by atoms with Crippen LogP contribution in [0.4, 0.5) is 11.4 Å². The van der Waals surface area contributed by atoms with Crippen LogP contribution >= 0.6 is 11.6 Å². The van der Waals surface area contributed by atoms with Crippen molar-refractivity contribution in [3.8, 4) is 23.0 Å². The zero-order chi connectivity index (χ0) is 27.5. The van der Waals surface area contributed by atoms with Gasteiger partial charge in [0, 0.05) is 11.5 Å². The fourth-order valence-corrected chi connectivity index (χ4v) is 5.47. The number of carbonyl (C=O) groups excluding carboxylic acids is 3. The molecule has 0 radical (unpaired) electrons. The van der Waals surface area contributed by atoms with Gasteiger partial charge in [-0.1, -0.05) is 0 Å². The standard InChI is InChI=1S/C26H26ClN3O8/c1-10-13(27)8-12-15(9-16(31)20-18(12)22(32)21(29-20)26(34)38-5)30(10)25(33)14-6-11-7-17(35-2)23(36-3)24(37-4)19(11)28-14/h6-7,9-10,13,21,28-29,31H,8H2,1-5H3. The molecule has 5 rings (SSSR count). The third-order valence-corrected chi connectivity index (χ3v) is 7.60. The number of methoxy groups -OCH3 is 4. The highest BCUT2D eigenvalue weighted by molar-refractivity contribution is 6.25. The van der Waals surface area contributed by atoms with Crippen molar-refractivity contribution in [3.05, 3.63) is 35.0 Å². The highest BCUT2D eigenvalue weighted by Gasteiger charge is 2.45. The summed E-state index contributed by atoms with van der Waals surface area (Å²) < 4.78 is 21.1. The molecule has 0 spiro atoms. The number of fused-ring (bicyclic) bond motifs is 4. The third-order valence-electron chi connectivity index (χ3n) is 7.08. The van der Waals surface area contributed by atoms with Gasteiger partial charge in [-0.2, -0.15) is 0 Å². The van der Waals surface area contributed by atoms with Crippen molar-refractivity contribution in [1.29, 1.82) is 0 Å². The number of carbonyl (C=O) groups is 3. The van der Waals surface area contributed by atoms with Gasteiger partial charge in [0.25, 0.3) is 5.91 Å². The van der Waals surface area contributed by atoms with Crippen LogP contribution in [0.5, 0.6) is 23.0 Å². The molecular formula is C26H26ClN3O8. The number of H-pyrrole nitrogens is 1. The van der Waals surface area contributed by atoms with Gasteiger partial charge >= 0.3 is 5.97 Å². The maximum absolute atomic E-state index is 14.0. The Morgan fingerprint density at radius 3 is 2.42 bits per heavy atom.